The van der Waals surface area contributed by atoms with Crippen LogP contribution in [-0.4, -0.2) is 4.98 Å². The van der Waals surface area contributed by atoms with Gasteiger partial charge in [-0.25, -0.2) is 4.39 Å². The van der Waals surface area contributed by atoms with Crippen LogP contribution in [0.4, 0.5) is 4.39 Å². The van der Waals surface area contributed by atoms with Crippen LogP contribution in [0.15, 0.2) is 54.7 Å². The predicted molar refractivity (Wildman–Crippen MR) is 75.0 cm³/mol. The molecule has 2 aromatic carbocycles. The lowest BCUT2D eigenvalue weighted by molar-refractivity contribution is 0.611. The molecule has 0 saturated carbocycles. The van der Waals surface area contributed by atoms with Crippen molar-refractivity contribution in [1.29, 1.82) is 0 Å². The van der Waals surface area contributed by atoms with Gasteiger partial charge in [-0.3, -0.25) is 4.98 Å². The Kier molecular flexibility index (Phi) is 2.97. The summed E-state index contributed by atoms with van der Waals surface area (Å²) in [5, 5.41) is 1.09. The van der Waals surface area contributed by atoms with E-state index >= 15 is 0 Å². The third-order valence-electron chi connectivity index (χ3n) is 3.20. The fourth-order valence-corrected chi connectivity index (χ4v) is 2.16. The first-order chi connectivity index (χ1) is 9.28. The van der Waals surface area contributed by atoms with Crippen molar-refractivity contribution in [2.75, 3.05) is 0 Å². The number of halogens is 1. The Bertz CT molecular complexity index is 738. The Morgan fingerprint density at radius 3 is 2.63 bits per heavy atom. The summed E-state index contributed by atoms with van der Waals surface area (Å²) in [6, 6.07) is 15.0. The second kappa shape index (κ2) is 4.78. The lowest BCUT2D eigenvalue weighted by atomic mass is 10.0. The molecule has 0 fully saturated rings. The first-order valence-corrected chi connectivity index (χ1v) is 6.11. The molecule has 94 valence electrons. The van der Waals surface area contributed by atoms with Crippen molar-refractivity contribution < 1.29 is 4.39 Å². The van der Waals surface area contributed by atoms with Gasteiger partial charge >= 0.3 is 0 Å². The number of hydrogen-bond donors (Lipinski definition) is 1. The molecule has 3 aromatic rings. The zero-order chi connectivity index (χ0) is 13.2. The lowest BCUT2D eigenvalue weighted by Gasteiger charge is -2.06. The summed E-state index contributed by atoms with van der Waals surface area (Å²) < 4.78 is 13.4. The van der Waals surface area contributed by atoms with E-state index in [2.05, 4.69) is 4.98 Å². The summed E-state index contributed by atoms with van der Waals surface area (Å²) in [6.45, 7) is 0.200. The maximum absolute atomic E-state index is 13.4. The Balaban J connectivity index is 2.13. The molecule has 0 amide bonds. The van der Waals surface area contributed by atoms with E-state index in [4.69, 9.17) is 5.73 Å². The highest BCUT2D eigenvalue weighted by Crippen LogP contribution is 2.25. The summed E-state index contributed by atoms with van der Waals surface area (Å²) in [4.78, 5) is 4.33. The average Bonchev–Trinajstić information content (AvgIpc) is 2.47. The first kappa shape index (κ1) is 11.8. The molecule has 2 N–H and O–H groups in total. The largest absolute Gasteiger partial charge is 0.326 e. The summed E-state index contributed by atoms with van der Waals surface area (Å²) in [5.41, 5.74) is 8.96. The van der Waals surface area contributed by atoms with Gasteiger partial charge in [0.15, 0.2) is 0 Å². The molecule has 19 heavy (non-hydrogen) atoms. The van der Waals surface area contributed by atoms with Crippen LogP contribution in [0.1, 0.15) is 5.56 Å². The third kappa shape index (κ3) is 2.20. The summed E-state index contributed by atoms with van der Waals surface area (Å²) in [6.07, 6.45) is 1.77. The van der Waals surface area contributed by atoms with Crippen molar-refractivity contribution in [2.24, 2.45) is 5.73 Å². The van der Waals surface area contributed by atoms with Gasteiger partial charge in [-0.05, 0) is 35.4 Å². The van der Waals surface area contributed by atoms with Gasteiger partial charge in [-0.2, -0.15) is 0 Å². The maximum atomic E-state index is 13.4. The van der Waals surface area contributed by atoms with Gasteiger partial charge in [0.25, 0.3) is 0 Å². The van der Waals surface area contributed by atoms with Gasteiger partial charge in [0.2, 0.25) is 0 Å². The number of aromatic nitrogens is 1. The zero-order valence-corrected chi connectivity index (χ0v) is 10.3. The Morgan fingerprint density at radius 1 is 1.00 bits per heavy atom. The number of rotatable bonds is 2. The van der Waals surface area contributed by atoms with Crippen molar-refractivity contribution in [2.45, 2.75) is 6.54 Å². The number of benzene rings is 2. The smallest absolute Gasteiger partial charge is 0.127 e. The van der Waals surface area contributed by atoms with Crippen LogP contribution < -0.4 is 5.73 Å². The molecule has 0 saturated heterocycles. The molecule has 1 aromatic heterocycles. The maximum Gasteiger partial charge on any atom is 0.127 e. The molecule has 0 aliphatic rings. The normalized spacial score (nSPS) is 10.8. The van der Waals surface area contributed by atoms with E-state index in [1.807, 2.05) is 30.3 Å². The van der Waals surface area contributed by atoms with Crippen LogP contribution in [0.25, 0.3) is 22.0 Å². The molecule has 0 radical (unpaired) electrons. The van der Waals surface area contributed by atoms with Crippen LogP contribution in [0.3, 0.4) is 0 Å². The molecule has 2 nitrogen and oxygen atoms in total. The van der Waals surface area contributed by atoms with Crippen LogP contribution in [0.2, 0.25) is 0 Å². The standard InChI is InChI=1S/C16H13FN2/c17-15-6-5-12(8-14(15)10-18)13-4-3-11-2-1-7-19-16(11)9-13/h1-9H,10,18H2. The summed E-state index contributed by atoms with van der Waals surface area (Å²) >= 11 is 0. The molecule has 0 unspecified atom stereocenters. The van der Waals surface area contributed by atoms with Crippen molar-refractivity contribution in [3.63, 3.8) is 0 Å². The van der Waals surface area contributed by atoms with Crippen LogP contribution in [-0.2, 0) is 6.54 Å². The van der Waals surface area contributed by atoms with Gasteiger partial charge in [-0.15, -0.1) is 0 Å². The van der Waals surface area contributed by atoms with E-state index in [1.54, 1.807) is 18.3 Å². The molecule has 1 heterocycles. The summed E-state index contributed by atoms with van der Waals surface area (Å²) in [5.74, 6) is -0.259. The topological polar surface area (TPSA) is 38.9 Å². The number of nitrogens with zero attached hydrogens (tertiary/aromatic N) is 1. The highest BCUT2D eigenvalue weighted by atomic mass is 19.1. The average molecular weight is 252 g/mol. The molecule has 3 heteroatoms. The Hall–Kier alpha value is -2.26. The molecule has 0 spiro atoms. The van der Waals surface area contributed by atoms with E-state index in [0.29, 0.717) is 5.56 Å². The van der Waals surface area contributed by atoms with Gasteiger partial charge in [-0.1, -0.05) is 24.3 Å². The highest BCUT2D eigenvalue weighted by Gasteiger charge is 2.05. The van der Waals surface area contributed by atoms with Crippen molar-refractivity contribution in [1.82, 2.24) is 4.98 Å². The zero-order valence-electron chi connectivity index (χ0n) is 10.3. The van der Waals surface area contributed by atoms with Gasteiger partial charge in [0.1, 0.15) is 5.82 Å². The minimum absolute atomic E-state index is 0.200. The minimum atomic E-state index is -0.259. The molecule has 0 atom stereocenters. The monoisotopic (exact) mass is 252 g/mol. The Labute approximate surface area is 110 Å². The highest BCUT2D eigenvalue weighted by molar-refractivity contribution is 5.84. The molecular weight excluding hydrogens is 239 g/mol. The molecule has 0 bridgehead atoms. The fraction of sp³-hybridized carbons (Fsp3) is 0.0625. The van der Waals surface area contributed by atoms with Crippen molar-refractivity contribution >= 4 is 10.9 Å². The quantitative estimate of drug-likeness (QED) is 0.758. The number of fused-ring (bicyclic) bond motifs is 1. The van der Waals surface area contributed by atoms with Gasteiger partial charge in [0, 0.05) is 23.7 Å². The summed E-state index contributed by atoms with van der Waals surface area (Å²) in [7, 11) is 0. The van der Waals surface area contributed by atoms with E-state index in [-0.39, 0.29) is 12.4 Å². The minimum Gasteiger partial charge on any atom is -0.326 e. The van der Waals surface area contributed by atoms with E-state index < -0.39 is 0 Å². The third-order valence-corrected chi connectivity index (χ3v) is 3.20. The van der Waals surface area contributed by atoms with Crippen molar-refractivity contribution in [3.8, 4) is 11.1 Å². The Morgan fingerprint density at radius 2 is 1.79 bits per heavy atom. The van der Waals surface area contributed by atoms with E-state index in [9.17, 15) is 4.39 Å². The van der Waals surface area contributed by atoms with E-state index in [0.717, 1.165) is 22.0 Å². The fourth-order valence-electron chi connectivity index (χ4n) is 2.16. The van der Waals surface area contributed by atoms with Gasteiger partial charge in [0.05, 0.1) is 5.52 Å². The second-order valence-electron chi connectivity index (χ2n) is 4.42. The second-order valence-corrected chi connectivity index (χ2v) is 4.42. The van der Waals surface area contributed by atoms with Crippen LogP contribution in [0.5, 0.6) is 0 Å². The predicted octanol–water partition coefficient (Wildman–Crippen LogP) is 3.50. The van der Waals surface area contributed by atoms with Crippen LogP contribution in [0, 0.1) is 5.82 Å². The SMILES string of the molecule is NCc1cc(-c2ccc3cccnc3c2)ccc1F. The molecular formula is C16H13FN2. The number of pyridine rings is 1. The van der Waals surface area contributed by atoms with Gasteiger partial charge < -0.3 is 5.73 Å². The number of hydrogen-bond acceptors (Lipinski definition) is 2. The molecule has 0 aliphatic heterocycles. The first-order valence-electron chi connectivity index (χ1n) is 6.11. The van der Waals surface area contributed by atoms with Crippen LogP contribution >= 0.6 is 0 Å². The molecule has 3 rings (SSSR count). The molecule has 0 aliphatic carbocycles. The lowest BCUT2D eigenvalue weighted by Crippen LogP contribution is -1.99. The van der Waals surface area contributed by atoms with Crippen molar-refractivity contribution in [3.05, 3.63) is 66.1 Å². The number of nitrogens with two attached hydrogens (primary N) is 1. The van der Waals surface area contributed by atoms with E-state index in [1.165, 1.54) is 6.07 Å².